The Morgan fingerprint density at radius 2 is 1.96 bits per heavy atom. The minimum Gasteiger partial charge on any atom is -0.454 e. The number of carbonyl (C=O) groups is 2. The summed E-state index contributed by atoms with van der Waals surface area (Å²) in [5, 5.41) is 2.78. The van der Waals surface area contributed by atoms with Crippen LogP contribution in [0.1, 0.15) is 5.56 Å². The standard InChI is InChI=1S/C19H16N2O5/c22-18(7-5-13-4-6-16-17(10-13)26-12-25-16)20-14-2-1-3-15(11-14)21-8-9-24-19(21)23/h1-7,10-11H,8-9,12H2,(H,20,22)/b7-5+. The summed E-state index contributed by atoms with van der Waals surface area (Å²) in [5.74, 6) is 1.09. The van der Waals surface area contributed by atoms with Crippen LogP contribution in [0.25, 0.3) is 6.08 Å². The molecule has 0 bridgehead atoms. The monoisotopic (exact) mass is 352 g/mol. The third-order valence-corrected chi connectivity index (χ3v) is 4.01. The molecule has 2 aliphatic heterocycles. The number of hydrogen-bond donors (Lipinski definition) is 1. The Morgan fingerprint density at radius 1 is 1.08 bits per heavy atom. The van der Waals surface area contributed by atoms with E-state index in [0.717, 1.165) is 5.56 Å². The molecule has 1 fully saturated rings. The molecule has 2 heterocycles. The van der Waals surface area contributed by atoms with Gasteiger partial charge in [0.15, 0.2) is 11.5 Å². The molecule has 0 unspecified atom stereocenters. The lowest BCUT2D eigenvalue weighted by atomic mass is 10.2. The highest BCUT2D eigenvalue weighted by Gasteiger charge is 2.23. The Bertz CT molecular complexity index is 893. The third-order valence-electron chi connectivity index (χ3n) is 4.01. The second-order valence-electron chi connectivity index (χ2n) is 5.75. The van der Waals surface area contributed by atoms with E-state index in [9.17, 15) is 9.59 Å². The average molecular weight is 352 g/mol. The van der Waals surface area contributed by atoms with Crippen LogP contribution in [0, 0.1) is 0 Å². The summed E-state index contributed by atoms with van der Waals surface area (Å²) in [6, 6.07) is 12.5. The molecule has 0 atom stereocenters. The van der Waals surface area contributed by atoms with Crippen molar-refractivity contribution in [2.45, 2.75) is 0 Å². The van der Waals surface area contributed by atoms with Crippen LogP contribution in [-0.4, -0.2) is 31.9 Å². The number of anilines is 2. The molecular weight excluding hydrogens is 336 g/mol. The van der Waals surface area contributed by atoms with Crippen molar-refractivity contribution >= 4 is 29.5 Å². The summed E-state index contributed by atoms with van der Waals surface area (Å²) in [5.41, 5.74) is 2.12. The highest BCUT2D eigenvalue weighted by molar-refractivity contribution is 6.02. The average Bonchev–Trinajstić information content (AvgIpc) is 3.28. The van der Waals surface area contributed by atoms with E-state index in [2.05, 4.69) is 5.32 Å². The molecule has 0 aromatic heterocycles. The Labute approximate surface area is 149 Å². The smallest absolute Gasteiger partial charge is 0.414 e. The Morgan fingerprint density at radius 3 is 2.81 bits per heavy atom. The van der Waals surface area contributed by atoms with E-state index in [4.69, 9.17) is 14.2 Å². The Kier molecular flexibility index (Phi) is 4.18. The molecule has 26 heavy (non-hydrogen) atoms. The predicted octanol–water partition coefficient (Wildman–Crippen LogP) is 3.02. The Hall–Kier alpha value is -3.48. The van der Waals surface area contributed by atoms with E-state index in [1.807, 2.05) is 12.1 Å². The minimum absolute atomic E-state index is 0.212. The molecule has 1 saturated heterocycles. The van der Waals surface area contributed by atoms with Crippen molar-refractivity contribution in [3.63, 3.8) is 0 Å². The van der Waals surface area contributed by atoms with Gasteiger partial charge in [-0.2, -0.15) is 0 Å². The molecule has 0 radical (unpaired) electrons. The van der Waals surface area contributed by atoms with Gasteiger partial charge in [-0.1, -0.05) is 12.1 Å². The number of carbonyl (C=O) groups excluding carboxylic acids is 2. The van der Waals surface area contributed by atoms with Gasteiger partial charge in [0.25, 0.3) is 0 Å². The van der Waals surface area contributed by atoms with E-state index in [1.165, 1.54) is 11.0 Å². The lowest BCUT2D eigenvalue weighted by Crippen LogP contribution is -2.23. The van der Waals surface area contributed by atoms with Gasteiger partial charge in [-0.15, -0.1) is 0 Å². The van der Waals surface area contributed by atoms with Crippen molar-refractivity contribution in [3.8, 4) is 11.5 Å². The number of cyclic esters (lactones) is 1. The van der Waals surface area contributed by atoms with Crippen LogP contribution >= 0.6 is 0 Å². The molecule has 2 aromatic rings. The normalized spacial score (nSPS) is 15.4. The zero-order valence-corrected chi connectivity index (χ0v) is 13.8. The van der Waals surface area contributed by atoms with Crippen molar-refractivity contribution in [2.75, 3.05) is 30.2 Å². The van der Waals surface area contributed by atoms with Gasteiger partial charge in [0.1, 0.15) is 6.61 Å². The van der Waals surface area contributed by atoms with Crippen LogP contribution in [0.15, 0.2) is 48.5 Å². The van der Waals surface area contributed by atoms with Gasteiger partial charge >= 0.3 is 6.09 Å². The molecule has 0 spiro atoms. The number of nitrogens with one attached hydrogen (secondary N) is 1. The maximum absolute atomic E-state index is 12.2. The fraction of sp³-hybridized carbons (Fsp3) is 0.158. The molecule has 2 aliphatic rings. The van der Waals surface area contributed by atoms with Crippen molar-refractivity contribution in [2.24, 2.45) is 0 Å². The van der Waals surface area contributed by atoms with Gasteiger partial charge < -0.3 is 19.5 Å². The van der Waals surface area contributed by atoms with Crippen molar-refractivity contribution in [1.29, 1.82) is 0 Å². The third kappa shape index (κ3) is 3.32. The fourth-order valence-electron chi connectivity index (χ4n) is 2.75. The summed E-state index contributed by atoms with van der Waals surface area (Å²) in [6.07, 6.45) is 2.75. The number of fused-ring (bicyclic) bond motifs is 1. The van der Waals surface area contributed by atoms with Crippen LogP contribution in [-0.2, 0) is 9.53 Å². The van der Waals surface area contributed by atoms with Gasteiger partial charge in [0, 0.05) is 17.5 Å². The summed E-state index contributed by atoms with van der Waals surface area (Å²) in [4.78, 5) is 25.3. The SMILES string of the molecule is O=C(/C=C/c1ccc2c(c1)OCO2)Nc1cccc(N2CCOC2=O)c1. The van der Waals surface area contributed by atoms with E-state index in [1.54, 1.807) is 36.4 Å². The van der Waals surface area contributed by atoms with Crippen molar-refractivity contribution in [3.05, 3.63) is 54.1 Å². The maximum atomic E-state index is 12.2. The molecule has 132 valence electrons. The van der Waals surface area contributed by atoms with Crippen LogP contribution in [0.2, 0.25) is 0 Å². The lowest BCUT2D eigenvalue weighted by molar-refractivity contribution is -0.111. The first-order valence-corrected chi connectivity index (χ1v) is 8.12. The summed E-state index contributed by atoms with van der Waals surface area (Å²) in [6.45, 7) is 1.08. The highest BCUT2D eigenvalue weighted by Crippen LogP contribution is 2.32. The van der Waals surface area contributed by atoms with Gasteiger partial charge in [0.05, 0.1) is 6.54 Å². The maximum Gasteiger partial charge on any atom is 0.414 e. The van der Waals surface area contributed by atoms with Crippen LogP contribution in [0.5, 0.6) is 11.5 Å². The van der Waals surface area contributed by atoms with Crippen LogP contribution in [0.3, 0.4) is 0 Å². The molecule has 7 nitrogen and oxygen atoms in total. The zero-order chi connectivity index (χ0) is 17.9. The largest absolute Gasteiger partial charge is 0.454 e. The van der Waals surface area contributed by atoms with E-state index in [-0.39, 0.29) is 18.8 Å². The number of ether oxygens (including phenoxy) is 3. The molecule has 7 heteroatoms. The number of rotatable bonds is 4. The molecule has 4 rings (SSSR count). The zero-order valence-electron chi connectivity index (χ0n) is 13.8. The first-order valence-electron chi connectivity index (χ1n) is 8.12. The first kappa shape index (κ1) is 16.0. The molecule has 0 saturated carbocycles. The van der Waals surface area contributed by atoms with Gasteiger partial charge in [-0.05, 0) is 42.0 Å². The quantitative estimate of drug-likeness (QED) is 0.856. The lowest BCUT2D eigenvalue weighted by Gasteiger charge is -2.13. The number of hydrogen-bond acceptors (Lipinski definition) is 5. The van der Waals surface area contributed by atoms with Crippen molar-refractivity contribution < 1.29 is 23.8 Å². The molecule has 2 aromatic carbocycles. The summed E-state index contributed by atoms with van der Waals surface area (Å²) < 4.78 is 15.5. The van der Waals surface area contributed by atoms with Gasteiger partial charge in [-0.3, -0.25) is 9.69 Å². The van der Waals surface area contributed by atoms with Crippen LogP contribution in [0.4, 0.5) is 16.2 Å². The fourth-order valence-corrected chi connectivity index (χ4v) is 2.75. The predicted molar refractivity (Wildman–Crippen MR) is 95.4 cm³/mol. The van der Waals surface area contributed by atoms with E-state index in [0.29, 0.717) is 36.0 Å². The van der Waals surface area contributed by atoms with E-state index < -0.39 is 0 Å². The molecular formula is C19H16N2O5. The summed E-state index contributed by atoms with van der Waals surface area (Å²) in [7, 11) is 0. The second kappa shape index (κ2) is 6.79. The molecule has 2 amide bonds. The molecule has 1 N–H and O–H groups in total. The number of nitrogens with zero attached hydrogens (tertiary/aromatic N) is 1. The topological polar surface area (TPSA) is 77.1 Å². The number of amides is 2. The summed E-state index contributed by atoms with van der Waals surface area (Å²) >= 11 is 0. The number of benzene rings is 2. The van der Waals surface area contributed by atoms with Crippen LogP contribution < -0.4 is 19.7 Å². The van der Waals surface area contributed by atoms with Gasteiger partial charge in [-0.25, -0.2) is 4.79 Å². The van der Waals surface area contributed by atoms with Crippen molar-refractivity contribution in [1.82, 2.24) is 0 Å². The van der Waals surface area contributed by atoms with Gasteiger partial charge in [0.2, 0.25) is 12.7 Å². The first-order chi connectivity index (χ1) is 12.7. The highest BCUT2D eigenvalue weighted by atomic mass is 16.7. The second-order valence-corrected chi connectivity index (χ2v) is 5.75. The Balaban J connectivity index is 1.42. The molecule has 0 aliphatic carbocycles. The minimum atomic E-state index is -0.379. The van der Waals surface area contributed by atoms with E-state index >= 15 is 0 Å².